The van der Waals surface area contributed by atoms with Crippen LogP contribution in [0.15, 0.2) is 41.4 Å². The minimum absolute atomic E-state index is 0.0975. The molecule has 0 unspecified atom stereocenters. The summed E-state index contributed by atoms with van der Waals surface area (Å²) in [6, 6.07) is 5.79. The van der Waals surface area contributed by atoms with Crippen LogP contribution >= 0.6 is 23.2 Å². The first-order chi connectivity index (χ1) is 15.2. The number of ether oxygens (including phenoxy) is 1. The van der Waals surface area contributed by atoms with Gasteiger partial charge in [-0.15, -0.1) is 13.2 Å². The molecule has 0 amide bonds. The molecule has 4 N–H and O–H groups in total. The molecule has 0 fully saturated rings. The van der Waals surface area contributed by atoms with E-state index in [-0.39, 0.29) is 43.6 Å². The number of nitrogens with two attached hydrogens (primary N) is 1. The van der Waals surface area contributed by atoms with Crippen LogP contribution in [0.2, 0.25) is 10.0 Å². The number of halogens is 6. The highest BCUT2D eigenvalue weighted by molar-refractivity contribution is 7.89. The number of nitrogens with one attached hydrogen (secondary N) is 2. The van der Waals surface area contributed by atoms with E-state index in [9.17, 15) is 26.0 Å². The fourth-order valence-electron chi connectivity index (χ4n) is 2.59. The Hall–Kier alpha value is -2.87. The van der Waals surface area contributed by atoms with Crippen LogP contribution in [0.5, 0.6) is 5.75 Å². The van der Waals surface area contributed by atoms with Crippen LogP contribution in [0, 0.1) is 12.7 Å². The van der Waals surface area contributed by atoms with Gasteiger partial charge in [0.15, 0.2) is 11.6 Å². The number of anilines is 4. The van der Waals surface area contributed by atoms with Crippen LogP contribution in [0.25, 0.3) is 0 Å². The third kappa shape index (κ3) is 6.35. The van der Waals surface area contributed by atoms with Crippen molar-refractivity contribution in [1.82, 2.24) is 9.97 Å². The molecule has 0 saturated carbocycles. The van der Waals surface area contributed by atoms with Gasteiger partial charge >= 0.3 is 6.36 Å². The Bertz CT molecular complexity index is 1320. The molecule has 1 aromatic heterocycles. The average Bonchev–Trinajstić information content (AvgIpc) is 2.67. The van der Waals surface area contributed by atoms with Gasteiger partial charge < -0.3 is 15.4 Å². The van der Waals surface area contributed by atoms with E-state index in [2.05, 4.69) is 25.3 Å². The lowest BCUT2D eigenvalue weighted by molar-refractivity contribution is -0.274. The van der Waals surface area contributed by atoms with Crippen LogP contribution in [-0.2, 0) is 10.0 Å². The number of primary sulfonamides is 1. The number of benzene rings is 2. The van der Waals surface area contributed by atoms with Gasteiger partial charge in [0.1, 0.15) is 5.75 Å². The van der Waals surface area contributed by atoms with E-state index in [0.717, 1.165) is 18.3 Å². The van der Waals surface area contributed by atoms with Crippen molar-refractivity contribution in [2.75, 3.05) is 10.6 Å². The first-order valence-electron chi connectivity index (χ1n) is 8.68. The van der Waals surface area contributed by atoms with Crippen molar-refractivity contribution >= 4 is 56.4 Å². The standard InChI is InChI=1S/C18H13Cl2F4N5O3S/c1-8-11(19)5-10(6-15(8)33(25,30)31)28-17-26-7-13(21)16(29-17)27-9-2-3-14(12(20)4-9)32-18(22,23)24/h2-7H,1H3,(H2,25,30,31)(H2,26,27,28,29). The Morgan fingerprint density at radius 1 is 1.06 bits per heavy atom. The summed E-state index contributed by atoms with van der Waals surface area (Å²) in [5.41, 5.74) is 0.499. The maximum absolute atomic E-state index is 14.2. The predicted octanol–water partition coefficient (Wildman–Crippen LogP) is 5.26. The summed E-state index contributed by atoms with van der Waals surface area (Å²) in [6.45, 7) is 1.47. The highest BCUT2D eigenvalue weighted by atomic mass is 35.5. The molecule has 8 nitrogen and oxygen atoms in total. The van der Waals surface area contributed by atoms with Gasteiger partial charge in [-0.2, -0.15) is 4.98 Å². The first-order valence-corrected chi connectivity index (χ1v) is 11.0. The molecular formula is C18H13Cl2F4N5O3S. The highest BCUT2D eigenvalue weighted by Gasteiger charge is 2.32. The molecule has 0 atom stereocenters. The Kier molecular flexibility index (Phi) is 6.88. The normalized spacial score (nSPS) is 11.9. The van der Waals surface area contributed by atoms with Gasteiger partial charge in [-0.05, 0) is 42.8 Å². The maximum Gasteiger partial charge on any atom is 0.573 e. The molecule has 1 heterocycles. The number of sulfonamides is 1. The van der Waals surface area contributed by atoms with Gasteiger partial charge in [0.05, 0.1) is 16.1 Å². The van der Waals surface area contributed by atoms with Crippen molar-refractivity contribution in [2.45, 2.75) is 18.2 Å². The Morgan fingerprint density at radius 2 is 1.73 bits per heavy atom. The SMILES string of the molecule is Cc1c(Cl)cc(Nc2ncc(F)c(Nc3ccc(OC(F)(F)F)c(Cl)c3)n2)cc1S(N)(=O)=O. The van der Waals surface area contributed by atoms with Crippen molar-refractivity contribution in [3.05, 3.63) is 58.0 Å². The topological polar surface area (TPSA) is 119 Å². The van der Waals surface area contributed by atoms with E-state index in [4.69, 9.17) is 28.3 Å². The number of rotatable bonds is 6. The molecule has 0 aliphatic rings. The lowest BCUT2D eigenvalue weighted by atomic mass is 10.2. The van der Waals surface area contributed by atoms with Gasteiger partial charge in [-0.1, -0.05) is 23.2 Å². The molecule has 0 radical (unpaired) electrons. The zero-order chi connectivity index (χ0) is 24.6. The van der Waals surface area contributed by atoms with E-state index >= 15 is 0 Å². The van der Waals surface area contributed by atoms with Gasteiger partial charge in [-0.25, -0.2) is 22.9 Å². The monoisotopic (exact) mass is 525 g/mol. The number of nitrogens with zero attached hydrogens (tertiary/aromatic N) is 2. The second kappa shape index (κ2) is 9.17. The van der Waals surface area contributed by atoms with Crippen molar-refractivity contribution < 1.29 is 30.7 Å². The molecule has 15 heteroatoms. The van der Waals surface area contributed by atoms with E-state index < -0.39 is 28.0 Å². The molecule has 176 valence electrons. The second-order valence-electron chi connectivity index (χ2n) is 6.46. The summed E-state index contributed by atoms with van der Waals surface area (Å²) in [7, 11) is -4.08. The molecule has 33 heavy (non-hydrogen) atoms. The number of hydrogen-bond acceptors (Lipinski definition) is 7. The van der Waals surface area contributed by atoms with Gasteiger partial charge in [0, 0.05) is 16.4 Å². The Labute approximate surface area is 194 Å². The van der Waals surface area contributed by atoms with Crippen LogP contribution in [0.3, 0.4) is 0 Å². The summed E-state index contributed by atoms with van der Waals surface area (Å²) >= 11 is 11.8. The maximum atomic E-state index is 14.2. The third-order valence-electron chi connectivity index (χ3n) is 4.02. The zero-order valence-electron chi connectivity index (χ0n) is 16.3. The largest absolute Gasteiger partial charge is 0.573 e. The number of hydrogen-bond donors (Lipinski definition) is 3. The van der Waals surface area contributed by atoms with Crippen LogP contribution in [0.1, 0.15) is 5.56 Å². The first kappa shape index (κ1) is 24.8. The molecule has 0 spiro atoms. The van der Waals surface area contributed by atoms with E-state index in [0.29, 0.717) is 0 Å². The molecule has 0 aliphatic heterocycles. The third-order valence-corrected chi connectivity index (χ3v) is 5.75. The average molecular weight is 526 g/mol. The molecule has 0 aliphatic carbocycles. The fraction of sp³-hybridized carbons (Fsp3) is 0.111. The van der Waals surface area contributed by atoms with Gasteiger partial charge in [0.25, 0.3) is 0 Å². The van der Waals surface area contributed by atoms with Crippen LogP contribution < -0.4 is 20.5 Å². The molecule has 0 saturated heterocycles. The minimum atomic E-state index is -4.93. The molecular weight excluding hydrogens is 513 g/mol. The molecule has 3 rings (SSSR count). The Balaban J connectivity index is 1.87. The van der Waals surface area contributed by atoms with Crippen molar-refractivity contribution in [3.63, 3.8) is 0 Å². The molecule has 2 aromatic carbocycles. The quantitative estimate of drug-likeness (QED) is 0.375. The van der Waals surface area contributed by atoms with Crippen LogP contribution in [0.4, 0.5) is 40.7 Å². The van der Waals surface area contributed by atoms with Crippen molar-refractivity contribution in [1.29, 1.82) is 0 Å². The summed E-state index contributed by atoms with van der Waals surface area (Å²) in [5, 5.41) is 10.1. The fourth-order valence-corrected chi connectivity index (χ4v) is 3.91. The lowest BCUT2D eigenvalue weighted by Crippen LogP contribution is -2.17. The summed E-state index contributed by atoms with van der Waals surface area (Å²) < 4.78 is 78.6. The Morgan fingerprint density at radius 3 is 2.33 bits per heavy atom. The van der Waals surface area contributed by atoms with E-state index in [1.807, 2.05) is 0 Å². The van der Waals surface area contributed by atoms with E-state index in [1.54, 1.807) is 0 Å². The van der Waals surface area contributed by atoms with Crippen molar-refractivity contribution in [3.8, 4) is 5.75 Å². The molecule has 3 aromatic rings. The number of aromatic nitrogens is 2. The minimum Gasteiger partial charge on any atom is -0.404 e. The summed E-state index contributed by atoms with van der Waals surface area (Å²) in [5.74, 6) is -2.03. The van der Waals surface area contributed by atoms with Gasteiger partial charge in [-0.3, -0.25) is 0 Å². The van der Waals surface area contributed by atoms with Crippen molar-refractivity contribution in [2.24, 2.45) is 5.14 Å². The zero-order valence-corrected chi connectivity index (χ0v) is 18.7. The van der Waals surface area contributed by atoms with Crippen LogP contribution in [-0.4, -0.2) is 24.7 Å². The number of alkyl halides is 3. The van der Waals surface area contributed by atoms with Gasteiger partial charge in [0.2, 0.25) is 16.0 Å². The smallest absolute Gasteiger partial charge is 0.404 e. The highest BCUT2D eigenvalue weighted by Crippen LogP contribution is 2.33. The lowest BCUT2D eigenvalue weighted by Gasteiger charge is -2.13. The summed E-state index contributed by atoms with van der Waals surface area (Å²) in [4.78, 5) is 7.46. The predicted molar refractivity (Wildman–Crippen MR) is 114 cm³/mol. The second-order valence-corrected chi connectivity index (χ2v) is 8.80. The van der Waals surface area contributed by atoms with E-state index in [1.165, 1.54) is 25.1 Å². The molecule has 0 bridgehead atoms. The summed E-state index contributed by atoms with van der Waals surface area (Å²) in [6.07, 6.45) is -4.11.